The summed E-state index contributed by atoms with van der Waals surface area (Å²) in [7, 11) is 1.51. The highest BCUT2D eigenvalue weighted by Crippen LogP contribution is 2.44. The van der Waals surface area contributed by atoms with E-state index in [0.717, 1.165) is 5.57 Å². The Bertz CT molecular complexity index is 1310. The Morgan fingerprint density at radius 3 is 2.41 bits per heavy atom. The largest absolute Gasteiger partial charge is 0.467 e. The van der Waals surface area contributed by atoms with Gasteiger partial charge in [-0.25, -0.2) is 9.18 Å². The zero-order valence-electron chi connectivity index (χ0n) is 20.6. The van der Waals surface area contributed by atoms with Crippen molar-refractivity contribution in [3.05, 3.63) is 95.3 Å². The van der Waals surface area contributed by atoms with Crippen molar-refractivity contribution in [1.29, 1.82) is 0 Å². The molecule has 190 valence electrons. The number of halogens is 1. The Balaban J connectivity index is 1.19. The van der Waals surface area contributed by atoms with Crippen LogP contribution in [-0.2, 0) is 14.2 Å². The molecule has 1 aliphatic carbocycles. The Kier molecular flexibility index (Phi) is 6.40. The molecule has 3 aromatic rings. The van der Waals surface area contributed by atoms with E-state index in [-0.39, 0.29) is 43.3 Å². The smallest absolute Gasteiger partial charge is 0.410 e. The van der Waals surface area contributed by atoms with E-state index in [0.29, 0.717) is 30.9 Å². The van der Waals surface area contributed by atoms with Crippen LogP contribution in [0.3, 0.4) is 0 Å². The molecule has 3 aliphatic rings. The second-order valence-electron chi connectivity index (χ2n) is 9.56. The maximum absolute atomic E-state index is 14.9. The molecule has 2 heterocycles. The van der Waals surface area contributed by atoms with Crippen LogP contribution in [0.1, 0.15) is 29.0 Å². The number of amides is 1. The molecule has 0 saturated carbocycles. The van der Waals surface area contributed by atoms with Gasteiger partial charge in [-0.3, -0.25) is 4.90 Å². The summed E-state index contributed by atoms with van der Waals surface area (Å²) in [6, 6.07) is 20.8. The van der Waals surface area contributed by atoms with Gasteiger partial charge in [-0.1, -0.05) is 54.6 Å². The fourth-order valence-corrected chi connectivity index (χ4v) is 5.72. The van der Waals surface area contributed by atoms with E-state index in [2.05, 4.69) is 24.3 Å². The van der Waals surface area contributed by atoms with Crippen molar-refractivity contribution in [2.24, 2.45) is 0 Å². The van der Waals surface area contributed by atoms with Crippen LogP contribution in [0, 0.1) is 5.82 Å². The van der Waals surface area contributed by atoms with Crippen LogP contribution in [0.4, 0.5) is 9.18 Å². The number of ether oxygens (including phenoxy) is 4. The number of methoxy groups -OCH3 is 1. The van der Waals surface area contributed by atoms with E-state index in [9.17, 15) is 9.18 Å². The highest BCUT2D eigenvalue weighted by atomic mass is 19.1. The lowest BCUT2D eigenvalue weighted by atomic mass is 9.90. The van der Waals surface area contributed by atoms with Crippen molar-refractivity contribution < 1.29 is 28.1 Å². The number of fused-ring (bicyclic) bond motifs is 5. The third-order valence-corrected chi connectivity index (χ3v) is 7.38. The highest BCUT2D eigenvalue weighted by Gasteiger charge is 2.40. The van der Waals surface area contributed by atoms with Gasteiger partial charge in [0, 0.05) is 24.7 Å². The van der Waals surface area contributed by atoms with Crippen LogP contribution >= 0.6 is 0 Å². The number of rotatable bonds is 6. The number of carbonyl (C=O) groups excluding carboxylic acids is 1. The van der Waals surface area contributed by atoms with Gasteiger partial charge in [0.1, 0.15) is 18.2 Å². The number of hydrogen-bond acceptors (Lipinski definition) is 5. The zero-order chi connectivity index (χ0) is 25.4. The number of benzene rings is 3. The van der Waals surface area contributed by atoms with Crippen LogP contribution in [0.2, 0.25) is 0 Å². The van der Waals surface area contributed by atoms with Gasteiger partial charge in [0.2, 0.25) is 0 Å². The molecule has 0 aromatic heterocycles. The summed E-state index contributed by atoms with van der Waals surface area (Å²) in [5.74, 6) is 0.0352. The van der Waals surface area contributed by atoms with E-state index in [1.54, 1.807) is 17.0 Å². The summed E-state index contributed by atoms with van der Waals surface area (Å²) in [6.07, 6.45) is 2.04. The lowest BCUT2D eigenvalue weighted by Crippen LogP contribution is -2.56. The summed E-state index contributed by atoms with van der Waals surface area (Å²) in [6.45, 7) is 1.05. The Morgan fingerprint density at radius 1 is 1.00 bits per heavy atom. The van der Waals surface area contributed by atoms with E-state index in [4.69, 9.17) is 18.9 Å². The third-order valence-electron chi connectivity index (χ3n) is 7.38. The average Bonchev–Trinajstić information content (AvgIpc) is 3.23. The van der Waals surface area contributed by atoms with E-state index >= 15 is 0 Å². The number of nitrogens with zero attached hydrogens (tertiary/aromatic N) is 1. The third kappa shape index (κ3) is 4.38. The standard InChI is InChI=1S/C30H28FNO5/c1-34-18-37-22-10-11-23(29(31)14-22)19-12-20-15-35-16-21(13-19)32(20)30(33)36-17-28-26-8-4-2-6-24(26)25-7-3-5-9-27(25)28/h2-12,14,20-21,28H,13,15-18H2,1H3. The van der Waals surface area contributed by atoms with E-state index in [1.165, 1.54) is 35.4 Å². The van der Waals surface area contributed by atoms with E-state index in [1.807, 2.05) is 30.3 Å². The molecule has 1 amide bonds. The van der Waals surface area contributed by atoms with Crippen LogP contribution in [0.25, 0.3) is 16.7 Å². The second kappa shape index (κ2) is 10.00. The van der Waals surface area contributed by atoms with Gasteiger partial charge in [0.05, 0.1) is 25.3 Å². The molecule has 2 unspecified atom stereocenters. The monoisotopic (exact) mass is 501 g/mol. The molecule has 0 N–H and O–H groups in total. The number of morpholine rings is 1. The van der Waals surface area contributed by atoms with Crippen LogP contribution < -0.4 is 4.74 Å². The fraction of sp³-hybridized carbons (Fsp3) is 0.300. The highest BCUT2D eigenvalue weighted by molar-refractivity contribution is 5.79. The van der Waals surface area contributed by atoms with Gasteiger partial charge in [-0.15, -0.1) is 0 Å². The molecule has 37 heavy (non-hydrogen) atoms. The molecule has 1 fully saturated rings. The average molecular weight is 502 g/mol. The summed E-state index contributed by atoms with van der Waals surface area (Å²) in [5.41, 5.74) is 6.10. The zero-order valence-corrected chi connectivity index (χ0v) is 20.6. The van der Waals surface area contributed by atoms with Gasteiger partial charge >= 0.3 is 6.09 Å². The predicted molar refractivity (Wildman–Crippen MR) is 137 cm³/mol. The molecule has 0 spiro atoms. The summed E-state index contributed by atoms with van der Waals surface area (Å²) >= 11 is 0. The quantitative estimate of drug-likeness (QED) is 0.411. The fourth-order valence-electron chi connectivity index (χ4n) is 5.72. The molecular formula is C30H28FNO5. The molecule has 0 radical (unpaired) electrons. The molecule has 1 saturated heterocycles. The number of carbonyl (C=O) groups is 1. The minimum Gasteiger partial charge on any atom is -0.467 e. The van der Waals surface area contributed by atoms with Crippen molar-refractivity contribution in [3.63, 3.8) is 0 Å². The minimum absolute atomic E-state index is 0.00345. The van der Waals surface area contributed by atoms with Crippen LogP contribution in [0.15, 0.2) is 72.8 Å². The summed E-state index contributed by atoms with van der Waals surface area (Å²) < 4.78 is 36.8. The predicted octanol–water partition coefficient (Wildman–Crippen LogP) is 5.61. The topological polar surface area (TPSA) is 57.2 Å². The van der Waals surface area contributed by atoms with Gasteiger partial charge in [-0.05, 0) is 46.4 Å². The van der Waals surface area contributed by atoms with Crippen LogP contribution in [0.5, 0.6) is 5.75 Å². The molecule has 6 nitrogen and oxygen atoms in total. The van der Waals surface area contributed by atoms with Crippen molar-refractivity contribution in [2.75, 3.05) is 33.7 Å². The SMILES string of the molecule is COCOc1ccc(C2=CC3COCC(C2)N3C(=O)OCC2c3ccccc3-c3ccccc32)c(F)c1. The van der Waals surface area contributed by atoms with Gasteiger partial charge in [0.25, 0.3) is 0 Å². The normalized spacial score (nSPS) is 20.2. The maximum atomic E-state index is 14.9. The molecular weight excluding hydrogens is 473 g/mol. The summed E-state index contributed by atoms with van der Waals surface area (Å²) in [4.78, 5) is 15.1. The van der Waals surface area contributed by atoms with E-state index < -0.39 is 0 Å². The Hall–Kier alpha value is -3.68. The molecule has 2 bridgehead atoms. The van der Waals surface area contributed by atoms with Crippen molar-refractivity contribution >= 4 is 11.7 Å². The van der Waals surface area contributed by atoms with Crippen molar-refractivity contribution in [3.8, 4) is 16.9 Å². The molecule has 7 heteroatoms. The number of hydrogen-bond donors (Lipinski definition) is 0. The molecule has 2 aliphatic heterocycles. The Morgan fingerprint density at radius 2 is 1.73 bits per heavy atom. The maximum Gasteiger partial charge on any atom is 0.410 e. The lowest BCUT2D eigenvalue weighted by Gasteiger charge is -2.44. The molecule has 6 rings (SSSR count). The lowest BCUT2D eigenvalue weighted by molar-refractivity contribution is -0.0331. The Labute approximate surface area is 215 Å². The first-order valence-electron chi connectivity index (χ1n) is 12.5. The second-order valence-corrected chi connectivity index (χ2v) is 9.56. The molecule has 3 aromatic carbocycles. The van der Waals surface area contributed by atoms with Gasteiger partial charge in [0.15, 0.2) is 6.79 Å². The van der Waals surface area contributed by atoms with Crippen molar-refractivity contribution in [1.82, 2.24) is 4.90 Å². The first-order chi connectivity index (χ1) is 18.1. The van der Waals surface area contributed by atoms with Crippen LogP contribution in [-0.4, -0.2) is 56.8 Å². The first kappa shape index (κ1) is 23.7. The van der Waals surface area contributed by atoms with Gasteiger partial charge in [-0.2, -0.15) is 0 Å². The first-order valence-corrected chi connectivity index (χ1v) is 12.5. The summed E-state index contributed by atoms with van der Waals surface area (Å²) in [5, 5.41) is 0. The molecule has 2 atom stereocenters. The van der Waals surface area contributed by atoms with Crippen molar-refractivity contribution in [2.45, 2.75) is 24.4 Å². The minimum atomic E-state index is -0.367. The van der Waals surface area contributed by atoms with Gasteiger partial charge < -0.3 is 18.9 Å².